The molecule has 0 radical (unpaired) electrons. The smallest absolute Gasteiger partial charge is 0.136 e. The van der Waals surface area contributed by atoms with Gasteiger partial charge in [0, 0.05) is 17.4 Å². The van der Waals surface area contributed by atoms with E-state index in [9.17, 15) is 4.79 Å². The van der Waals surface area contributed by atoms with Gasteiger partial charge in [-0.15, -0.1) is 0 Å². The van der Waals surface area contributed by atoms with Crippen LogP contribution < -0.4 is 0 Å². The van der Waals surface area contributed by atoms with E-state index >= 15 is 0 Å². The SMILES string of the molecule is CC1C(=O)CC[C@@]2(C)[C@H]1CC[C@@H]1[C@@H]2CC[C@]2(C)C(=Cc3ccccc3Cl)CC[C@@H]12. The second-order valence-corrected chi connectivity index (χ2v) is 11.4. The third kappa shape index (κ3) is 2.90. The number of carbonyl (C=O) groups excluding carboxylic acids is 1. The van der Waals surface area contributed by atoms with Crippen molar-refractivity contribution in [2.24, 2.45) is 40.4 Å². The van der Waals surface area contributed by atoms with Crippen LogP contribution in [0.4, 0.5) is 0 Å². The van der Waals surface area contributed by atoms with Gasteiger partial charge in [-0.05, 0) is 91.1 Å². The molecule has 0 aromatic heterocycles. The molecule has 0 amide bonds. The molecular weight excluding hydrogens is 376 g/mol. The van der Waals surface area contributed by atoms with E-state index in [4.69, 9.17) is 11.6 Å². The van der Waals surface area contributed by atoms with E-state index in [2.05, 4.69) is 39.0 Å². The molecule has 0 bridgehead atoms. The highest BCUT2D eigenvalue weighted by Crippen LogP contribution is 2.67. The van der Waals surface area contributed by atoms with E-state index in [0.29, 0.717) is 22.5 Å². The molecule has 1 aromatic carbocycles. The molecular formula is C27H35ClO. The highest BCUT2D eigenvalue weighted by atomic mass is 35.5. The van der Waals surface area contributed by atoms with Crippen molar-refractivity contribution >= 4 is 23.5 Å². The first-order chi connectivity index (χ1) is 13.8. The molecule has 4 aliphatic carbocycles. The number of allylic oxidation sites excluding steroid dienone is 1. The maximum atomic E-state index is 12.4. The van der Waals surface area contributed by atoms with Gasteiger partial charge in [0.25, 0.3) is 0 Å². The van der Waals surface area contributed by atoms with Crippen molar-refractivity contribution < 1.29 is 4.79 Å². The molecule has 1 unspecified atom stereocenters. The van der Waals surface area contributed by atoms with Crippen LogP contribution in [-0.4, -0.2) is 5.78 Å². The van der Waals surface area contributed by atoms with Crippen molar-refractivity contribution in [3.63, 3.8) is 0 Å². The van der Waals surface area contributed by atoms with Gasteiger partial charge in [-0.3, -0.25) is 4.79 Å². The number of ketones is 1. The molecule has 2 heteroatoms. The highest BCUT2D eigenvalue weighted by Gasteiger charge is 2.60. The van der Waals surface area contributed by atoms with Crippen LogP contribution in [0.25, 0.3) is 6.08 Å². The summed E-state index contributed by atoms with van der Waals surface area (Å²) < 4.78 is 0. The van der Waals surface area contributed by atoms with Crippen LogP contribution in [0.15, 0.2) is 29.8 Å². The Balaban J connectivity index is 1.45. The molecule has 5 rings (SSSR count). The predicted molar refractivity (Wildman–Crippen MR) is 121 cm³/mol. The van der Waals surface area contributed by atoms with E-state index in [0.717, 1.165) is 35.6 Å². The number of halogens is 1. The maximum Gasteiger partial charge on any atom is 0.136 e. The largest absolute Gasteiger partial charge is 0.299 e. The first-order valence-electron chi connectivity index (χ1n) is 11.8. The average molecular weight is 411 g/mol. The van der Waals surface area contributed by atoms with Crippen LogP contribution in [0.2, 0.25) is 5.02 Å². The molecule has 4 saturated carbocycles. The summed E-state index contributed by atoms with van der Waals surface area (Å²) in [7, 11) is 0. The summed E-state index contributed by atoms with van der Waals surface area (Å²) in [5.41, 5.74) is 3.53. The number of benzene rings is 1. The van der Waals surface area contributed by atoms with Crippen LogP contribution >= 0.6 is 11.6 Å². The Morgan fingerprint density at radius 3 is 2.55 bits per heavy atom. The molecule has 0 N–H and O–H groups in total. The van der Waals surface area contributed by atoms with Gasteiger partial charge < -0.3 is 0 Å². The standard InChI is InChI=1S/C27H35ClO/c1-17-21-11-9-20-22-10-8-19(16-18-6-4-5-7-24(18)28)26(22,2)14-12-23(20)27(21,3)15-13-25(17)29/h4-7,16-17,20-23H,8-15H2,1-3H3/t17?,20-,21-,22-,23-,26+,27-/m0/s1. The first-order valence-corrected chi connectivity index (χ1v) is 12.2. The van der Waals surface area contributed by atoms with Crippen molar-refractivity contribution in [2.45, 2.75) is 72.1 Å². The van der Waals surface area contributed by atoms with E-state index in [1.54, 1.807) is 5.57 Å². The van der Waals surface area contributed by atoms with Crippen molar-refractivity contribution in [3.05, 3.63) is 40.4 Å². The molecule has 1 aromatic rings. The highest BCUT2D eigenvalue weighted by molar-refractivity contribution is 6.32. The zero-order valence-electron chi connectivity index (χ0n) is 18.2. The molecule has 4 aliphatic rings. The zero-order valence-corrected chi connectivity index (χ0v) is 19.0. The summed E-state index contributed by atoms with van der Waals surface area (Å²) in [6.07, 6.45) is 12.2. The fraction of sp³-hybridized carbons (Fsp3) is 0.667. The van der Waals surface area contributed by atoms with Crippen LogP contribution in [0, 0.1) is 40.4 Å². The molecule has 7 atom stereocenters. The van der Waals surface area contributed by atoms with E-state index < -0.39 is 0 Å². The minimum Gasteiger partial charge on any atom is -0.299 e. The Bertz CT molecular complexity index is 856. The van der Waals surface area contributed by atoms with Crippen LogP contribution in [0.1, 0.15) is 77.7 Å². The lowest BCUT2D eigenvalue weighted by Gasteiger charge is -2.61. The van der Waals surface area contributed by atoms with Gasteiger partial charge >= 0.3 is 0 Å². The predicted octanol–water partition coefficient (Wildman–Crippen LogP) is 7.58. The Labute approximate surface area is 181 Å². The van der Waals surface area contributed by atoms with Crippen molar-refractivity contribution in [2.75, 3.05) is 0 Å². The molecule has 0 aliphatic heterocycles. The molecule has 1 nitrogen and oxygen atoms in total. The topological polar surface area (TPSA) is 17.1 Å². The number of Topliss-reactive ketones (excluding diaryl/α,β-unsaturated/α-hetero) is 1. The quantitative estimate of drug-likeness (QED) is 0.466. The third-order valence-electron chi connectivity index (χ3n) is 10.0. The number of hydrogen-bond donors (Lipinski definition) is 0. The molecule has 0 spiro atoms. The lowest BCUT2D eigenvalue weighted by Crippen LogP contribution is -2.55. The van der Waals surface area contributed by atoms with Crippen molar-refractivity contribution in [3.8, 4) is 0 Å². The van der Waals surface area contributed by atoms with Crippen molar-refractivity contribution in [1.82, 2.24) is 0 Å². The van der Waals surface area contributed by atoms with E-state index in [1.807, 2.05) is 12.1 Å². The van der Waals surface area contributed by atoms with Gasteiger partial charge in [0.2, 0.25) is 0 Å². The third-order valence-corrected chi connectivity index (χ3v) is 10.4. The summed E-state index contributed by atoms with van der Waals surface area (Å²) in [5.74, 6) is 3.89. The Morgan fingerprint density at radius 1 is 0.966 bits per heavy atom. The minimum atomic E-state index is 0.280. The first kappa shape index (κ1) is 19.9. The summed E-state index contributed by atoms with van der Waals surface area (Å²) in [4.78, 5) is 12.4. The van der Waals surface area contributed by atoms with Gasteiger partial charge in [0.15, 0.2) is 0 Å². The lowest BCUT2D eigenvalue weighted by molar-refractivity contribution is -0.146. The second kappa shape index (κ2) is 6.98. The second-order valence-electron chi connectivity index (χ2n) is 11.0. The molecule has 4 fully saturated rings. The molecule has 0 heterocycles. The number of hydrogen-bond acceptors (Lipinski definition) is 1. The Kier molecular flexibility index (Phi) is 4.78. The fourth-order valence-corrected chi connectivity index (χ4v) is 8.58. The molecule has 29 heavy (non-hydrogen) atoms. The van der Waals surface area contributed by atoms with Crippen molar-refractivity contribution in [1.29, 1.82) is 0 Å². The van der Waals surface area contributed by atoms with Crippen LogP contribution in [0.5, 0.6) is 0 Å². The summed E-state index contributed by atoms with van der Waals surface area (Å²) in [6.45, 7) is 7.32. The zero-order chi connectivity index (χ0) is 20.4. The number of carbonyl (C=O) groups is 1. The molecule has 156 valence electrons. The maximum absolute atomic E-state index is 12.4. The number of fused-ring (bicyclic) bond motifs is 5. The van der Waals surface area contributed by atoms with Gasteiger partial charge in [0.05, 0.1) is 0 Å². The Morgan fingerprint density at radius 2 is 1.76 bits per heavy atom. The minimum absolute atomic E-state index is 0.280. The van der Waals surface area contributed by atoms with E-state index in [1.165, 1.54) is 44.1 Å². The van der Waals surface area contributed by atoms with Gasteiger partial charge in [-0.25, -0.2) is 0 Å². The van der Waals surface area contributed by atoms with Crippen LogP contribution in [0.3, 0.4) is 0 Å². The average Bonchev–Trinajstić information content (AvgIpc) is 3.03. The normalized spacial score (nSPS) is 45.6. The summed E-state index contributed by atoms with van der Waals surface area (Å²) in [5, 5.41) is 0.870. The Hall–Kier alpha value is -1.08. The lowest BCUT2D eigenvalue weighted by atomic mass is 9.44. The molecule has 0 saturated heterocycles. The van der Waals surface area contributed by atoms with Gasteiger partial charge in [-0.1, -0.05) is 62.2 Å². The van der Waals surface area contributed by atoms with Gasteiger partial charge in [-0.2, -0.15) is 0 Å². The van der Waals surface area contributed by atoms with Gasteiger partial charge in [0.1, 0.15) is 5.78 Å². The fourth-order valence-electron chi connectivity index (χ4n) is 8.39. The monoisotopic (exact) mass is 410 g/mol. The summed E-state index contributed by atoms with van der Waals surface area (Å²) in [6, 6.07) is 8.28. The summed E-state index contributed by atoms with van der Waals surface area (Å²) >= 11 is 6.48. The van der Waals surface area contributed by atoms with Crippen LogP contribution in [-0.2, 0) is 4.79 Å². The van der Waals surface area contributed by atoms with E-state index in [-0.39, 0.29) is 5.92 Å². The number of rotatable bonds is 1.